The second-order valence-electron chi connectivity index (χ2n) is 3.84. The summed E-state index contributed by atoms with van der Waals surface area (Å²) in [6.07, 6.45) is -5.44. The molecule has 1 saturated heterocycles. The van der Waals surface area contributed by atoms with Gasteiger partial charge in [-0.15, -0.1) is 0 Å². The summed E-state index contributed by atoms with van der Waals surface area (Å²) in [5.74, 6) is -1.16. The normalized spacial score (nSPS) is 20.7. The first kappa shape index (κ1) is 12.8. The van der Waals surface area contributed by atoms with E-state index in [9.17, 15) is 22.4 Å². The van der Waals surface area contributed by atoms with Gasteiger partial charge in [0, 0.05) is 12.1 Å². The summed E-state index contributed by atoms with van der Waals surface area (Å²) in [6.45, 7) is -0.336. The predicted molar refractivity (Wildman–Crippen MR) is 53.1 cm³/mol. The average molecular weight is 263 g/mol. The molecule has 0 radical (unpaired) electrons. The number of rotatable bonds is 1. The SMILES string of the molecule is O=C1CO[C@@H](c2cc(C(F)(F)F)ccc2F)CN1. The molecule has 0 unspecified atom stereocenters. The third-order valence-corrected chi connectivity index (χ3v) is 2.57. The largest absolute Gasteiger partial charge is 0.416 e. The van der Waals surface area contributed by atoms with Gasteiger partial charge in [-0.25, -0.2) is 4.39 Å². The fourth-order valence-corrected chi connectivity index (χ4v) is 1.66. The van der Waals surface area contributed by atoms with Crippen molar-refractivity contribution in [1.29, 1.82) is 0 Å². The van der Waals surface area contributed by atoms with Crippen LogP contribution in [-0.4, -0.2) is 19.1 Å². The molecule has 1 aliphatic heterocycles. The fourth-order valence-electron chi connectivity index (χ4n) is 1.66. The summed E-state index contributed by atoms with van der Waals surface area (Å²) in [5, 5.41) is 2.40. The number of halogens is 4. The molecule has 18 heavy (non-hydrogen) atoms. The number of alkyl halides is 3. The minimum Gasteiger partial charge on any atom is -0.362 e. The number of ether oxygens (including phenoxy) is 1. The smallest absolute Gasteiger partial charge is 0.362 e. The quantitative estimate of drug-likeness (QED) is 0.787. The molecular formula is C11H9F4NO2. The number of amides is 1. The van der Waals surface area contributed by atoms with Crippen molar-refractivity contribution in [2.24, 2.45) is 0 Å². The Bertz CT molecular complexity index is 463. The number of hydrogen-bond donors (Lipinski definition) is 1. The van der Waals surface area contributed by atoms with Gasteiger partial charge in [0.15, 0.2) is 0 Å². The molecule has 1 aromatic carbocycles. The van der Waals surface area contributed by atoms with Crippen LogP contribution in [0, 0.1) is 5.82 Å². The number of hydrogen-bond acceptors (Lipinski definition) is 2. The molecule has 2 rings (SSSR count). The van der Waals surface area contributed by atoms with E-state index in [1.807, 2.05) is 0 Å². The van der Waals surface area contributed by atoms with Gasteiger partial charge in [-0.05, 0) is 18.2 Å². The second kappa shape index (κ2) is 4.56. The van der Waals surface area contributed by atoms with E-state index in [1.165, 1.54) is 0 Å². The summed E-state index contributed by atoms with van der Waals surface area (Å²) in [6, 6.07) is 2.12. The molecule has 1 fully saturated rings. The first-order valence-corrected chi connectivity index (χ1v) is 5.13. The number of carbonyl (C=O) groups excluding carboxylic acids is 1. The molecule has 1 N–H and O–H groups in total. The van der Waals surface area contributed by atoms with Gasteiger partial charge in [0.05, 0.1) is 5.56 Å². The van der Waals surface area contributed by atoms with Gasteiger partial charge in [-0.2, -0.15) is 13.2 Å². The van der Waals surface area contributed by atoms with E-state index in [4.69, 9.17) is 4.74 Å². The molecule has 0 saturated carbocycles. The Balaban J connectivity index is 2.29. The van der Waals surface area contributed by atoms with E-state index >= 15 is 0 Å². The summed E-state index contributed by atoms with van der Waals surface area (Å²) in [7, 11) is 0. The van der Waals surface area contributed by atoms with Crippen LogP contribution in [0.25, 0.3) is 0 Å². The minimum atomic E-state index is -4.54. The summed E-state index contributed by atoms with van der Waals surface area (Å²) < 4.78 is 56.0. The van der Waals surface area contributed by atoms with Crippen LogP contribution in [0.2, 0.25) is 0 Å². The Kier molecular flexibility index (Phi) is 3.25. The highest BCUT2D eigenvalue weighted by Crippen LogP contribution is 2.32. The van der Waals surface area contributed by atoms with Crippen molar-refractivity contribution in [3.8, 4) is 0 Å². The molecule has 0 spiro atoms. The van der Waals surface area contributed by atoms with E-state index in [0.717, 1.165) is 6.07 Å². The first-order chi connectivity index (χ1) is 8.38. The molecule has 1 heterocycles. The second-order valence-corrected chi connectivity index (χ2v) is 3.84. The predicted octanol–water partition coefficient (Wildman–Crippen LogP) is 2.03. The maximum absolute atomic E-state index is 13.5. The Labute approximate surface area is 99.7 Å². The zero-order chi connectivity index (χ0) is 13.3. The van der Waals surface area contributed by atoms with Crippen LogP contribution in [-0.2, 0) is 15.7 Å². The van der Waals surface area contributed by atoms with E-state index in [-0.39, 0.29) is 24.6 Å². The summed E-state index contributed by atoms with van der Waals surface area (Å²) in [4.78, 5) is 10.8. The molecule has 0 aromatic heterocycles. The van der Waals surface area contributed by atoms with Gasteiger partial charge in [0.2, 0.25) is 5.91 Å². The standard InChI is InChI=1S/C11H9F4NO2/c12-8-2-1-6(11(13,14)15)3-7(8)9-4-16-10(17)5-18-9/h1-3,9H,4-5H2,(H,16,17)/t9-/m1/s1. The maximum atomic E-state index is 13.5. The van der Waals surface area contributed by atoms with Gasteiger partial charge in [-0.1, -0.05) is 0 Å². The molecule has 3 nitrogen and oxygen atoms in total. The highest BCUT2D eigenvalue weighted by atomic mass is 19.4. The summed E-state index contributed by atoms with van der Waals surface area (Å²) >= 11 is 0. The lowest BCUT2D eigenvalue weighted by Crippen LogP contribution is -2.39. The van der Waals surface area contributed by atoms with Crippen LogP contribution in [0.3, 0.4) is 0 Å². The zero-order valence-corrected chi connectivity index (χ0v) is 9.05. The topological polar surface area (TPSA) is 38.3 Å². The molecule has 0 aliphatic carbocycles. The van der Waals surface area contributed by atoms with Crippen LogP contribution >= 0.6 is 0 Å². The van der Waals surface area contributed by atoms with E-state index in [0.29, 0.717) is 12.1 Å². The van der Waals surface area contributed by atoms with Gasteiger partial charge in [0.25, 0.3) is 0 Å². The van der Waals surface area contributed by atoms with Crippen molar-refractivity contribution < 1.29 is 27.1 Å². The fraction of sp³-hybridized carbons (Fsp3) is 0.364. The van der Waals surface area contributed by atoms with Crippen molar-refractivity contribution in [2.45, 2.75) is 12.3 Å². The Morgan fingerprint density at radius 1 is 1.33 bits per heavy atom. The van der Waals surface area contributed by atoms with Gasteiger partial charge in [-0.3, -0.25) is 4.79 Å². The lowest BCUT2D eigenvalue weighted by molar-refractivity contribution is -0.138. The monoisotopic (exact) mass is 263 g/mol. The highest BCUT2D eigenvalue weighted by Gasteiger charge is 2.32. The van der Waals surface area contributed by atoms with Crippen LogP contribution in [0.4, 0.5) is 17.6 Å². The molecule has 0 bridgehead atoms. The van der Waals surface area contributed by atoms with Crippen LogP contribution in [0.15, 0.2) is 18.2 Å². The van der Waals surface area contributed by atoms with Gasteiger partial charge < -0.3 is 10.1 Å². The van der Waals surface area contributed by atoms with E-state index in [1.54, 1.807) is 0 Å². The van der Waals surface area contributed by atoms with E-state index < -0.39 is 23.7 Å². The minimum absolute atomic E-state index is 0.0446. The first-order valence-electron chi connectivity index (χ1n) is 5.13. The number of morpholine rings is 1. The van der Waals surface area contributed by atoms with Crippen LogP contribution in [0.1, 0.15) is 17.2 Å². The third-order valence-electron chi connectivity index (χ3n) is 2.57. The van der Waals surface area contributed by atoms with Crippen molar-refractivity contribution in [3.05, 3.63) is 35.1 Å². The molecule has 98 valence electrons. The average Bonchev–Trinajstić information content (AvgIpc) is 2.29. The van der Waals surface area contributed by atoms with Gasteiger partial charge >= 0.3 is 6.18 Å². The number of carbonyl (C=O) groups is 1. The molecule has 1 aliphatic rings. The highest BCUT2D eigenvalue weighted by molar-refractivity contribution is 5.77. The molecule has 1 atom stereocenters. The number of benzene rings is 1. The van der Waals surface area contributed by atoms with Crippen LogP contribution in [0.5, 0.6) is 0 Å². The molecule has 1 amide bonds. The Morgan fingerprint density at radius 3 is 2.61 bits per heavy atom. The molecular weight excluding hydrogens is 254 g/mol. The van der Waals surface area contributed by atoms with E-state index in [2.05, 4.69) is 5.32 Å². The Hall–Kier alpha value is -1.63. The van der Waals surface area contributed by atoms with Gasteiger partial charge in [0.1, 0.15) is 18.5 Å². The van der Waals surface area contributed by atoms with Crippen molar-refractivity contribution >= 4 is 5.91 Å². The molecule has 7 heteroatoms. The van der Waals surface area contributed by atoms with Crippen molar-refractivity contribution in [3.63, 3.8) is 0 Å². The molecule has 1 aromatic rings. The Morgan fingerprint density at radius 2 is 2.06 bits per heavy atom. The summed E-state index contributed by atoms with van der Waals surface area (Å²) in [5.41, 5.74) is -1.15. The lowest BCUT2D eigenvalue weighted by Gasteiger charge is -2.24. The number of nitrogens with one attached hydrogen (secondary N) is 1. The lowest BCUT2D eigenvalue weighted by atomic mass is 10.0. The third kappa shape index (κ3) is 2.61. The maximum Gasteiger partial charge on any atom is 0.416 e. The zero-order valence-electron chi connectivity index (χ0n) is 9.05. The van der Waals surface area contributed by atoms with Crippen molar-refractivity contribution in [1.82, 2.24) is 5.32 Å². The van der Waals surface area contributed by atoms with Crippen LogP contribution < -0.4 is 5.32 Å². The van der Waals surface area contributed by atoms with Crippen molar-refractivity contribution in [2.75, 3.05) is 13.2 Å².